The lowest BCUT2D eigenvalue weighted by atomic mass is 10.1. The molecule has 0 aliphatic heterocycles. The first-order valence-corrected chi connectivity index (χ1v) is 10.3. The molecule has 3 amide bonds. The van der Waals surface area contributed by atoms with Gasteiger partial charge in [-0.15, -0.1) is 0 Å². The van der Waals surface area contributed by atoms with Crippen molar-refractivity contribution in [2.24, 2.45) is 5.73 Å². The lowest BCUT2D eigenvalue weighted by molar-refractivity contribution is -0.127. The summed E-state index contributed by atoms with van der Waals surface area (Å²) in [4.78, 5) is 39.5. The minimum absolute atomic E-state index is 0.0247. The number of primary amides is 1. The highest BCUT2D eigenvalue weighted by Crippen LogP contribution is 2.31. The first-order valence-electron chi connectivity index (χ1n) is 9.54. The minimum atomic E-state index is -1.16. The summed E-state index contributed by atoms with van der Waals surface area (Å²) in [6.45, 7) is 2.16. The average molecular weight is 462 g/mol. The fraction of sp³-hybridized carbons (Fsp3) is 0.300. The molecular weight excluding hydrogens is 438 g/mol. The third-order valence-electron chi connectivity index (χ3n) is 4.52. The van der Waals surface area contributed by atoms with Crippen molar-refractivity contribution < 1.29 is 28.0 Å². The van der Waals surface area contributed by atoms with E-state index >= 15 is 0 Å². The lowest BCUT2D eigenvalue weighted by Crippen LogP contribution is -2.44. The van der Waals surface area contributed by atoms with E-state index in [1.807, 2.05) is 0 Å². The molecule has 0 bridgehead atoms. The van der Waals surface area contributed by atoms with Gasteiger partial charge in [0.2, 0.25) is 0 Å². The number of methoxy groups -OCH3 is 1. The highest BCUT2D eigenvalue weighted by molar-refractivity contribution is 7.09. The Morgan fingerprint density at radius 1 is 1.31 bits per heavy atom. The number of anilines is 1. The van der Waals surface area contributed by atoms with E-state index in [0.717, 1.165) is 11.5 Å². The van der Waals surface area contributed by atoms with Gasteiger partial charge in [0.25, 0.3) is 17.7 Å². The number of ether oxygens (including phenoxy) is 1. The molecule has 0 unspecified atom stereocenters. The maximum absolute atomic E-state index is 13.6. The summed E-state index contributed by atoms with van der Waals surface area (Å²) in [5, 5.41) is 2.73. The van der Waals surface area contributed by atoms with Crippen LogP contribution in [-0.2, 0) is 16.1 Å². The Labute approximate surface area is 187 Å². The SMILES string of the molecule is COCCNC(=O)[C@H](c1ccc(C)o1)N(Cc1ccco1)C(=O)c1snc(C(N)=O)c1N. The third-order valence-corrected chi connectivity index (χ3v) is 5.37. The highest BCUT2D eigenvalue weighted by Gasteiger charge is 2.37. The second-order valence-electron chi connectivity index (χ2n) is 6.79. The van der Waals surface area contributed by atoms with Crippen LogP contribution in [0.1, 0.15) is 43.5 Å². The summed E-state index contributed by atoms with van der Waals surface area (Å²) in [6, 6.07) is 5.47. The van der Waals surface area contributed by atoms with Gasteiger partial charge >= 0.3 is 0 Å². The zero-order chi connectivity index (χ0) is 23.3. The van der Waals surface area contributed by atoms with Crippen molar-refractivity contribution in [2.75, 3.05) is 26.0 Å². The predicted molar refractivity (Wildman–Crippen MR) is 115 cm³/mol. The summed E-state index contributed by atoms with van der Waals surface area (Å²) in [5.74, 6) is -0.747. The van der Waals surface area contributed by atoms with Crippen LogP contribution in [0.15, 0.2) is 39.4 Å². The average Bonchev–Trinajstić information content (AvgIpc) is 3.49. The zero-order valence-electron chi connectivity index (χ0n) is 17.5. The number of hydrogen-bond acceptors (Lipinski definition) is 9. The standard InChI is InChI=1S/C20H23N5O6S/c1-11-5-6-13(31-11)16(19(27)23-7-9-29-2)25(10-12-4-3-8-30-12)20(28)17-14(21)15(18(22)26)24-32-17/h3-6,8,16H,7,9-10,21H2,1-2H3,(H2,22,26)(H,23,27)/t16-/m0/s1. The van der Waals surface area contributed by atoms with Crippen molar-refractivity contribution in [1.29, 1.82) is 0 Å². The van der Waals surface area contributed by atoms with E-state index in [2.05, 4.69) is 9.69 Å². The molecule has 3 heterocycles. The van der Waals surface area contributed by atoms with Crippen molar-refractivity contribution in [1.82, 2.24) is 14.6 Å². The number of nitrogen functional groups attached to an aromatic ring is 1. The van der Waals surface area contributed by atoms with E-state index in [1.54, 1.807) is 31.2 Å². The third kappa shape index (κ3) is 4.98. The topological polar surface area (TPSA) is 167 Å². The number of carbonyl (C=O) groups excluding carboxylic acids is 3. The van der Waals surface area contributed by atoms with Gasteiger partial charge in [-0.1, -0.05) is 0 Å². The number of furan rings is 2. The fourth-order valence-electron chi connectivity index (χ4n) is 3.01. The maximum atomic E-state index is 13.6. The van der Waals surface area contributed by atoms with Gasteiger partial charge in [-0.2, -0.15) is 4.37 Å². The zero-order valence-corrected chi connectivity index (χ0v) is 18.3. The smallest absolute Gasteiger partial charge is 0.270 e. The molecule has 0 aliphatic carbocycles. The molecule has 3 rings (SSSR count). The maximum Gasteiger partial charge on any atom is 0.270 e. The fourth-order valence-corrected chi connectivity index (χ4v) is 3.77. The molecule has 0 saturated carbocycles. The Morgan fingerprint density at radius 3 is 2.66 bits per heavy atom. The summed E-state index contributed by atoms with van der Waals surface area (Å²) < 4.78 is 20.0. The largest absolute Gasteiger partial charge is 0.467 e. The lowest BCUT2D eigenvalue weighted by Gasteiger charge is -2.29. The molecular formula is C20H23N5O6S. The molecule has 0 aromatic carbocycles. The number of nitrogens with one attached hydrogen (secondary N) is 1. The summed E-state index contributed by atoms with van der Waals surface area (Å²) in [6.07, 6.45) is 1.45. The monoisotopic (exact) mass is 461 g/mol. The number of nitrogens with zero attached hydrogens (tertiary/aromatic N) is 2. The van der Waals surface area contributed by atoms with Gasteiger partial charge in [0.15, 0.2) is 11.7 Å². The van der Waals surface area contributed by atoms with Gasteiger partial charge in [0.05, 0.1) is 25.1 Å². The van der Waals surface area contributed by atoms with Crippen molar-refractivity contribution >= 4 is 34.9 Å². The molecule has 32 heavy (non-hydrogen) atoms. The van der Waals surface area contributed by atoms with E-state index in [1.165, 1.54) is 18.3 Å². The Kier molecular flexibility index (Phi) is 7.28. The molecule has 5 N–H and O–H groups in total. The van der Waals surface area contributed by atoms with Gasteiger partial charge in [0, 0.05) is 13.7 Å². The van der Waals surface area contributed by atoms with Crippen molar-refractivity contribution in [2.45, 2.75) is 19.5 Å². The number of nitrogens with two attached hydrogens (primary N) is 2. The van der Waals surface area contributed by atoms with Gasteiger partial charge in [-0.05, 0) is 42.7 Å². The van der Waals surface area contributed by atoms with Crippen LogP contribution in [0.4, 0.5) is 5.69 Å². The van der Waals surface area contributed by atoms with E-state index < -0.39 is 23.8 Å². The second kappa shape index (κ2) is 10.1. The number of rotatable bonds is 10. The van der Waals surface area contributed by atoms with Crippen molar-refractivity contribution in [3.63, 3.8) is 0 Å². The van der Waals surface area contributed by atoms with Crippen molar-refractivity contribution in [3.8, 4) is 0 Å². The van der Waals surface area contributed by atoms with Gasteiger partial charge in [-0.3, -0.25) is 14.4 Å². The quantitative estimate of drug-likeness (QED) is 0.381. The molecule has 3 aromatic rings. The Morgan fingerprint density at radius 2 is 2.09 bits per heavy atom. The summed E-state index contributed by atoms with van der Waals surface area (Å²) in [5.41, 5.74) is 10.9. The van der Waals surface area contributed by atoms with Crippen LogP contribution in [-0.4, -0.2) is 47.3 Å². The van der Waals surface area contributed by atoms with E-state index in [4.69, 9.17) is 25.0 Å². The Bertz CT molecular complexity index is 1090. The van der Waals surface area contributed by atoms with Crippen LogP contribution in [0.25, 0.3) is 0 Å². The van der Waals surface area contributed by atoms with Crippen LogP contribution in [0.5, 0.6) is 0 Å². The van der Waals surface area contributed by atoms with Crippen LogP contribution in [0.3, 0.4) is 0 Å². The van der Waals surface area contributed by atoms with Crippen LogP contribution in [0.2, 0.25) is 0 Å². The first-order chi connectivity index (χ1) is 15.3. The normalized spacial score (nSPS) is 11.8. The van der Waals surface area contributed by atoms with Gasteiger partial charge in [-0.25, -0.2) is 0 Å². The summed E-state index contributed by atoms with van der Waals surface area (Å²) >= 11 is 0.725. The number of aryl methyl sites for hydroxylation is 1. The first kappa shape index (κ1) is 23.0. The van der Waals surface area contributed by atoms with E-state index in [9.17, 15) is 14.4 Å². The summed E-state index contributed by atoms with van der Waals surface area (Å²) in [7, 11) is 1.51. The molecule has 0 saturated heterocycles. The van der Waals surface area contributed by atoms with Crippen molar-refractivity contribution in [3.05, 3.63) is 58.4 Å². The van der Waals surface area contributed by atoms with E-state index in [-0.39, 0.29) is 41.7 Å². The molecule has 0 fully saturated rings. The Hall–Kier alpha value is -3.64. The molecule has 170 valence electrons. The second-order valence-corrected chi connectivity index (χ2v) is 7.56. The number of hydrogen-bond donors (Lipinski definition) is 3. The molecule has 0 spiro atoms. The number of amides is 3. The number of aromatic nitrogens is 1. The van der Waals surface area contributed by atoms with Crippen LogP contribution < -0.4 is 16.8 Å². The van der Waals surface area contributed by atoms with Gasteiger partial charge < -0.3 is 35.3 Å². The molecule has 3 aromatic heterocycles. The highest BCUT2D eigenvalue weighted by atomic mass is 32.1. The number of carbonyl (C=O) groups is 3. The molecule has 1 atom stereocenters. The van der Waals surface area contributed by atoms with E-state index in [0.29, 0.717) is 11.5 Å². The molecule has 0 radical (unpaired) electrons. The van der Waals surface area contributed by atoms with Crippen LogP contribution in [0, 0.1) is 6.92 Å². The molecule has 0 aliphatic rings. The molecule has 11 nitrogen and oxygen atoms in total. The predicted octanol–water partition coefficient (Wildman–Crippen LogP) is 1.46. The Balaban J connectivity index is 2.04. The van der Waals surface area contributed by atoms with Crippen LogP contribution >= 0.6 is 11.5 Å². The van der Waals surface area contributed by atoms with Gasteiger partial charge in [0.1, 0.15) is 22.2 Å². The molecule has 12 heteroatoms. The minimum Gasteiger partial charge on any atom is -0.467 e.